The van der Waals surface area contributed by atoms with Gasteiger partial charge in [0.1, 0.15) is 0 Å². The number of hydrogen-bond donors (Lipinski definition) is 0. The van der Waals surface area contributed by atoms with E-state index in [0.717, 1.165) is 6.92 Å². The van der Waals surface area contributed by atoms with Crippen LogP contribution in [0, 0.1) is 0 Å². The van der Waals surface area contributed by atoms with Gasteiger partial charge in [-0.3, -0.25) is 9.33 Å². The summed E-state index contributed by atoms with van der Waals surface area (Å²) in [5.74, 6) is -0.912. The molecule has 0 rings (SSSR count). The van der Waals surface area contributed by atoms with Crippen LogP contribution in [0.1, 0.15) is 6.92 Å². The number of hydrogen-bond acceptors (Lipinski definition) is 2. The van der Waals surface area contributed by atoms with Gasteiger partial charge in [-0.05, 0) is 0 Å². The van der Waals surface area contributed by atoms with Gasteiger partial charge in [0.2, 0.25) is 0 Å². The van der Waals surface area contributed by atoms with E-state index in [1.54, 1.807) is 0 Å². The molecule has 4 heteroatoms. The molecule has 0 radical (unpaired) electrons. The van der Waals surface area contributed by atoms with E-state index >= 15 is 0 Å². The van der Waals surface area contributed by atoms with Gasteiger partial charge >= 0.3 is 5.97 Å². The maximum atomic E-state index is 10.3. The van der Waals surface area contributed by atoms with Crippen LogP contribution in [0.2, 0.25) is 0 Å². The van der Waals surface area contributed by atoms with Crippen LogP contribution in [0.4, 0.5) is 8.92 Å². The number of alkyl halides is 1. The molecule has 2 nitrogen and oxygen atoms in total. The van der Waals surface area contributed by atoms with Crippen molar-refractivity contribution in [2.75, 3.05) is 7.18 Å². The lowest BCUT2D eigenvalue weighted by atomic mass is 10.9. The molecule has 0 aromatic heterocycles. The van der Waals surface area contributed by atoms with Crippen molar-refractivity contribution in [3.8, 4) is 0 Å². The summed E-state index contributed by atoms with van der Waals surface area (Å²) in [5.41, 5.74) is 0. The molecule has 0 spiro atoms. The quantitative estimate of drug-likeness (QED) is 0.467. The second kappa shape index (κ2) is 9.01. The fourth-order valence-corrected chi connectivity index (χ4v) is 0. The summed E-state index contributed by atoms with van der Waals surface area (Å²) in [6.07, 6.45) is 0. The normalized spacial score (nSPS) is 5.71. The zero-order chi connectivity index (χ0) is 6.28. The molecule has 0 atom stereocenters. The minimum Gasteiger partial charge on any atom is -0.255 e. The van der Waals surface area contributed by atoms with Crippen LogP contribution in [0.3, 0.4) is 0 Å². The molecule has 0 aliphatic carbocycles. The van der Waals surface area contributed by atoms with Crippen LogP contribution in [0.15, 0.2) is 0 Å². The van der Waals surface area contributed by atoms with E-state index < -0.39 is 5.97 Å². The Bertz CT molecular complexity index is 46.2. The minimum absolute atomic E-state index is 0.500. The number of rotatable bonds is 0. The Labute approximate surface area is 40.0 Å². The second-order valence-corrected chi connectivity index (χ2v) is 0.569. The van der Waals surface area contributed by atoms with Gasteiger partial charge in [0.15, 0.2) is 0 Å². The van der Waals surface area contributed by atoms with Crippen LogP contribution in [0.5, 0.6) is 0 Å². The summed E-state index contributed by atoms with van der Waals surface area (Å²) in [6.45, 7) is 0.986. The molecule has 0 saturated heterocycles. The summed E-state index contributed by atoms with van der Waals surface area (Å²) in [5, 5.41) is 0. The molecule has 0 N–H and O–H groups in total. The first-order valence-corrected chi connectivity index (χ1v) is 1.44. The van der Waals surface area contributed by atoms with Gasteiger partial charge in [0, 0.05) is 11.4 Å². The Morgan fingerprint density at radius 1 is 1.57 bits per heavy atom. The average Bonchev–Trinajstić information content (AvgIpc) is 1.73. The summed E-state index contributed by atoms with van der Waals surface area (Å²) < 4.78 is 19.8. The van der Waals surface area contributed by atoms with E-state index in [1.807, 2.05) is 0 Å². The smallest absolute Gasteiger partial charge is 0.255 e. The van der Waals surface area contributed by atoms with Crippen molar-refractivity contribution in [2.45, 2.75) is 6.92 Å². The molecule has 0 amide bonds. The van der Waals surface area contributed by atoms with Crippen LogP contribution in [-0.2, 0) is 9.74 Å². The van der Waals surface area contributed by atoms with Crippen LogP contribution < -0.4 is 0 Å². The molecule has 0 fully saturated rings. The predicted molar refractivity (Wildman–Crippen MR) is 19.9 cm³/mol. The first kappa shape index (κ1) is 9.59. The van der Waals surface area contributed by atoms with Gasteiger partial charge in [0.05, 0.1) is 7.18 Å². The molecule has 7 heavy (non-hydrogen) atoms. The Morgan fingerprint density at radius 2 is 1.71 bits per heavy atom. The second-order valence-electron chi connectivity index (χ2n) is 0.569. The molecule has 0 saturated carbocycles. The minimum atomic E-state index is -0.912. The van der Waals surface area contributed by atoms with E-state index in [0.29, 0.717) is 7.18 Å². The van der Waals surface area contributed by atoms with Gasteiger partial charge in [-0.2, -0.15) is 0 Å². The lowest BCUT2D eigenvalue weighted by Crippen LogP contribution is -1.83. The first-order valence-electron chi connectivity index (χ1n) is 1.44. The first-order chi connectivity index (χ1) is 3.27. The van der Waals surface area contributed by atoms with Crippen molar-refractivity contribution in [3.63, 3.8) is 0 Å². The average molecular weight is 112 g/mol. The molecular formula is C3H6F2O2. The monoisotopic (exact) mass is 112 g/mol. The fourth-order valence-electron chi connectivity index (χ4n) is 0. The molecule has 0 aliphatic heterocycles. The lowest BCUT2D eigenvalue weighted by Gasteiger charge is -1.71. The van der Waals surface area contributed by atoms with Gasteiger partial charge in [-0.15, -0.1) is 0 Å². The predicted octanol–water partition coefficient (Wildman–Crippen LogP) is 1.02. The molecule has 0 heterocycles. The maximum Gasteiger partial charge on any atom is 0.345 e. The van der Waals surface area contributed by atoms with Crippen LogP contribution in [-0.4, -0.2) is 13.1 Å². The molecule has 0 bridgehead atoms. The van der Waals surface area contributed by atoms with Crippen molar-refractivity contribution in [1.29, 1.82) is 0 Å². The van der Waals surface area contributed by atoms with Gasteiger partial charge in [-0.1, -0.05) is 0 Å². The third-order valence-electron chi connectivity index (χ3n) is 0.109. The van der Waals surface area contributed by atoms with Gasteiger partial charge < -0.3 is 0 Å². The molecule has 0 unspecified atom stereocenters. The summed E-state index contributed by atoms with van der Waals surface area (Å²) in [4.78, 5) is 11.8. The van der Waals surface area contributed by atoms with Crippen molar-refractivity contribution < 1.29 is 18.7 Å². The third-order valence-corrected chi connectivity index (χ3v) is 0.109. The molecule has 44 valence electrons. The van der Waals surface area contributed by atoms with Gasteiger partial charge in [-0.25, -0.2) is 4.79 Å². The van der Waals surface area contributed by atoms with E-state index in [4.69, 9.17) is 0 Å². The van der Waals surface area contributed by atoms with E-state index in [-0.39, 0.29) is 0 Å². The van der Waals surface area contributed by atoms with Crippen molar-refractivity contribution in [3.05, 3.63) is 0 Å². The highest BCUT2D eigenvalue weighted by Gasteiger charge is 1.81. The van der Waals surface area contributed by atoms with E-state index in [1.165, 1.54) is 0 Å². The van der Waals surface area contributed by atoms with Crippen LogP contribution in [0.25, 0.3) is 0 Å². The Morgan fingerprint density at radius 3 is 1.71 bits per heavy atom. The standard InChI is InChI=1S/C2H3FO2.CH3F/c1-2(4)5-3;1-2/h1H3;1H3. The summed E-state index contributed by atoms with van der Waals surface area (Å²) >= 11 is 0. The fraction of sp³-hybridized carbons (Fsp3) is 0.667. The van der Waals surface area contributed by atoms with Crippen molar-refractivity contribution in [2.24, 2.45) is 0 Å². The SMILES string of the molecule is CC(=O)OF.CF. The Hall–Kier alpha value is -0.670. The van der Waals surface area contributed by atoms with E-state index in [2.05, 4.69) is 4.94 Å². The maximum absolute atomic E-state index is 10.3. The highest BCUT2D eigenvalue weighted by atomic mass is 19.3. The summed E-state index contributed by atoms with van der Waals surface area (Å²) in [6, 6.07) is 0. The Kier molecular flexibility index (Phi) is 12.3. The number of carbonyl (C=O) groups excluding carboxylic acids is 1. The highest BCUT2D eigenvalue weighted by Crippen LogP contribution is 1.69. The summed E-state index contributed by atoms with van der Waals surface area (Å²) in [7, 11) is 0.500. The molecule has 0 aromatic carbocycles. The van der Waals surface area contributed by atoms with Crippen LogP contribution >= 0.6 is 0 Å². The zero-order valence-electron chi connectivity index (χ0n) is 4.07. The van der Waals surface area contributed by atoms with E-state index in [9.17, 15) is 13.7 Å². The Balaban J connectivity index is 0. The largest absolute Gasteiger partial charge is 0.345 e. The molecule has 0 aliphatic rings. The zero-order valence-corrected chi connectivity index (χ0v) is 4.07. The molecular weight excluding hydrogens is 106 g/mol. The third kappa shape index (κ3) is 33.4. The molecule has 0 aromatic rings. The highest BCUT2D eigenvalue weighted by molar-refractivity contribution is 5.64. The number of halogens is 2. The van der Waals surface area contributed by atoms with Crippen molar-refractivity contribution >= 4 is 5.97 Å². The topological polar surface area (TPSA) is 26.3 Å². The number of carbonyl (C=O) groups is 1. The lowest BCUT2D eigenvalue weighted by molar-refractivity contribution is -0.180. The van der Waals surface area contributed by atoms with Crippen molar-refractivity contribution in [1.82, 2.24) is 0 Å². The van der Waals surface area contributed by atoms with Gasteiger partial charge in [0.25, 0.3) is 0 Å².